The van der Waals surface area contributed by atoms with Crippen molar-refractivity contribution in [2.75, 3.05) is 27.2 Å². The summed E-state index contributed by atoms with van der Waals surface area (Å²) in [7, 11) is 4.07. The number of rotatable bonds is 6. The minimum atomic E-state index is -0.472. The molecule has 0 unspecified atom stereocenters. The highest BCUT2D eigenvalue weighted by Crippen LogP contribution is 2.31. The van der Waals surface area contributed by atoms with Crippen molar-refractivity contribution >= 4 is 0 Å². The number of nitriles is 1. The highest BCUT2D eigenvalue weighted by molar-refractivity contribution is 5.70. The van der Waals surface area contributed by atoms with Crippen molar-refractivity contribution in [3.63, 3.8) is 0 Å². The van der Waals surface area contributed by atoms with Crippen molar-refractivity contribution in [2.24, 2.45) is 0 Å². The summed E-state index contributed by atoms with van der Waals surface area (Å²) in [6.07, 6.45) is 0. The largest absolute Gasteiger partial charge is 0.492 e. The maximum atomic E-state index is 9.25. The molecule has 23 heavy (non-hydrogen) atoms. The molecule has 2 aromatic rings. The first-order valence-corrected chi connectivity index (χ1v) is 7.83. The molecule has 3 nitrogen and oxygen atoms in total. The summed E-state index contributed by atoms with van der Waals surface area (Å²) in [6, 6.07) is 18.6. The van der Waals surface area contributed by atoms with Gasteiger partial charge in [0.1, 0.15) is 12.4 Å². The first-order valence-electron chi connectivity index (χ1n) is 7.83. The summed E-state index contributed by atoms with van der Waals surface area (Å²) < 4.78 is 5.93. The molecule has 0 aromatic heterocycles. The van der Waals surface area contributed by atoms with E-state index in [0.29, 0.717) is 6.61 Å². The number of benzene rings is 2. The van der Waals surface area contributed by atoms with Gasteiger partial charge in [-0.1, -0.05) is 42.5 Å². The summed E-state index contributed by atoms with van der Waals surface area (Å²) in [4.78, 5) is 2.10. The van der Waals surface area contributed by atoms with E-state index in [1.807, 2.05) is 58.3 Å². The van der Waals surface area contributed by atoms with E-state index in [4.69, 9.17) is 4.74 Å². The van der Waals surface area contributed by atoms with Crippen LogP contribution in [-0.2, 0) is 5.41 Å². The molecule has 0 bridgehead atoms. The summed E-state index contributed by atoms with van der Waals surface area (Å²) in [6.45, 7) is 5.40. The van der Waals surface area contributed by atoms with E-state index in [0.717, 1.165) is 29.0 Å². The van der Waals surface area contributed by atoms with Crippen LogP contribution in [-0.4, -0.2) is 32.1 Å². The summed E-state index contributed by atoms with van der Waals surface area (Å²) in [5.74, 6) is 0.890. The molecule has 120 valence electrons. The Bertz CT molecular complexity index is 682. The lowest BCUT2D eigenvalue weighted by molar-refractivity contribution is 0.262. The maximum Gasteiger partial charge on any atom is 0.127 e. The second-order valence-electron chi connectivity index (χ2n) is 6.46. The lowest BCUT2D eigenvalue weighted by Crippen LogP contribution is -2.19. The summed E-state index contributed by atoms with van der Waals surface area (Å²) in [5, 5.41) is 9.25. The zero-order valence-corrected chi connectivity index (χ0v) is 14.3. The van der Waals surface area contributed by atoms with Crippen LogP contribution in [0.5, 0.6) is 5.75 Å². The minimum Gasteiger partial charge on any atom is -0.492 e. The van der Waals surface area contributed by atoms with E-state index in [1.54, 1.807) is 0 Å². The monoisotopic (exact) mass is 308 g/mol. The van der Waals surface area contributed by atoms with Gasteiger partial charge in [-0.25, -0.2) is 0 Å². The Kier molecular flexibility index (Phi) is 5.41. The molecular formula is C20H24N2O. The molecule has 0 saturated heterocycles. The van der Waals surface area contributed by atoms with E-state index in [2.05, 4.69) is 29.2 Å². The van der Waals surface area contributed by atoms with Crippen LogP contribution in [0, 0.1) is 11.3 Å². The molecular weight excluding hydrogens is 284 g/mol. The second-order valence-corrected chi connectivity index (χ2v) is 6.46. The molecule has 3 heteroatoms. The molecule has 0 fully saturated rings. The highest BCUT2D eigenvalue weighted by atomic mass is 16.5. The van der Waals surface area contributed by atoms with Crippen molar-refractivity contribution in [3.05, 3.63) is 54.1 Å². The van der Waals surface area contributed by atoms with Crippen molar-refractivity contribution in [1.29, 1.82) is 5.26 Å². The van der Waals surface area contributed by atoms with Gasteiger partial charge in [0.2, 0.25) is 0 Å². The molecule has 0 heterocycles. The summed E-state index contributed by atoms with van der Waals surface area (Å²) >= 11 is 0. The predicted molar refractivity (Wildman–Crippen MR) is 94.6 cm³/mol. The van der Waals surface area contributed by atoms with Crippen molar-refractivity contribution < 1.29 is 4.74 Å². The molecule has 0 atom stereocenters. The highest BCUT2D eigenvalue weighted by Gasteiger charge is 2.19. The van der Waals surface area contributed by atoms with Crippen molar-refractivity contribution in [2.45, 2.75) is 19.3 Å². The average Bonchev–Trinajstić information content (AvgIpc) is 2.55. The Morgan fingerprint density at radius 3 is 2.30 bits per heavy atom. The quantitative estimate of drug-likeness (QED) is 0.806. The number of para-hydroxylation sites is 1. The van der Waals surface area contributed by atoms with Gasteiger partial charge in [0.25, 0.3) is 0 Å². The third-order valence-corrected chi connectivity index (χ3v) is 3.88. The van der Waals surface area contributed by atoms with Crippen LogP contribution in [0.1, 0.15) is 19.4 Å². The average molecular weight is 308 g/mol. The van der Waals surface area contributed by atoms with Gasteiger partial charge in [0, 0.05) is 12.1 Å². The topological polar surface area (TPSA) is 36.3 Å². The molecule has 2 rings (SSSR count). The van der Waals surface area contributed by atoms with E-state index >= 15 is 0 Å². The van der Waals surface area contributed by atoms with Crippen LogP contribution in [0.3, 0.4) is 0 Å². The van der Waals surface area contributed by atoms with Crippen molar-refractivity contribution in [3.8, 4) is 22.9 Å². The number of nitrogens with zero attached hydrogens (tertiary/aromatic N) is 2. The van der Waals surface area contributed by atoms with Gasteiger partial charge in [-0.05, 0) is 45.1 Å². The van der Waals surface area contributed by atoms with Gasteiger partial charge in [-0.3, -0.25) is 0 Å². The number of hydrogen-bond donors (Lipinski definition) is 0. The van der Waals surface area contributed by atoms with Crippen LogP contribution in [0.25, 0.3) is 11.1 Å². The van der Waals surface area contributed by atoms with Gasteiger partial charge < -0.3 is 9.64 Å². The molecule has 0 amide bonds. The molecule has 2 aromatic carbocycles. The Morgan fingerprint density at radius 2 is 1.70 bits per heavy atom. The molecule has 0 spiro atoms. The first kappa shape index (κ1) is 17.1. The van der Waals surface area contributed by atoms with E-state index < -0.39 is 5.41 Å². The minimum absolute atomic E-state index is 0.472. The lowest BCUT2D eigenvalue weighted by Gasteiger charge is -2.17. The van der Waals surface area contributed by atoms with Crippen LogP contribution in [0.15, 0.2) is 48.5 Å². The summed E-state index contributed by atoms with van der Waals surface area (Å²) in [5.41, 5.74) is 2.73. The molecule has 0 saturated carbocycles. The zero-order valence-electron chi connectivity index (χ0n) is 14.3. The third kappa shape index (κ3) is 4.34. The Hall–Kier alpha value is -2.31. The van der Waals surface area contributed by atoms with Gasteiger partial charge >= 0.3 is 0 Å². The standard InChI is InChI=1S/C20H24N2O/c1-20(2,15-21)17-11-9-16(10-12-17)18-7-5-6-8-19(18)23-14-13-22(3)4/h5-12H,13-14H2,1-4H3. The fraction of sp³-hybridized carbons (Fsp3) is 0.350. The first-order chi connectivity index (χ1) is 10.9. The van der Waals surface area contributed by atoms with E-state index in [9.17, 15) is 5.26 Å². The maximum absolute atomic E-state index is 9.25. The van der Waals surface area contributed by atoms with E-state index in [1.165, 1.54) is 0 Å². The van der Waals surface area contributed by atoms with Crippen LogP contribution in [0.2, 0.25) is 0 Å². The molecule has 0 aliphatic heterocycles. The number of likely N-dealkylation sites (N-methyl/N-ethyl adjacent to an activating group) is 1. The molecule has 0 aliphatic carbocycles. The van der Waals surface area contributed by atoms with Gasteiger partial charge in [0.15, 0.2) is 0 Å². The van der Waals surface area contributed by atoms with Gasteiger partial charge in [-0.2, -0.15) is 5.26 Å². The second kappa shape index (κ2) is 7.30. The third-order valence-electron chi connectivity index (χ3n) is 3.88. The Morgan fingerprint density at radius 1 is 1.04 bits per heavy atom. The zero-order chi connectivity index (χ0) is 16.9. The van der Waals surface area contributed by atoms with Gasteiger partial charge in [0.05, 0.1) is 11.5 Å². The van der Waals surface area contributed by atoms with E-state index in [-0.39, 0.29) is 0 Å². The SMILES string of the molecule is CN(C)CCOc1ccccc1-c1ccc(C(C)(C)C#N)cc1. The molecule has 0 aliphatic rings. The normalized spacial score (nSPS) is 11.3. The Balaban J connectivity index is 2.24. The van der Waals surface area contributed by atoms with Crippen LogP contribution in [0.4, 0.5) is 0 Å². The fourth-order valence-electron chi connectivity index (χ4n) is 2.30. The fourth-order valence-corrected chi connectivity index (χ4v) is 2.30. The molecule has 0 radical (unpaired) electrons. The van der Waals surface area contributed by atoms with Crippen LogP contribution < -0.4 is 4.74 Å². The van der Waals surface area contributed by atoms with Crippen LogP contribution >= 0.6 is 0 Å². The van der Waals surface area contributed by atoms with Crippen molar-refractivity contribution in [1.82, 2.24) is 4.90 Å². The van der Waals surface area contributed by atoms with Gasteiger partial charge in [-0.15, -0.1) is 0 Å². The lowest BCUT2D eigenvalue weighted by atomic mass is 9.85. The number of ether oxygens (including phenoxy) is 1. The molecule has 0 N–H and O–H groups in total. The smallest absolute Gasteiger partial charge is 0.127 e. The predicted octanol–water partition coefficient (Wildman–Crippen LogP) is 4.10. The number of hydrogen-bond acceptors (Lipinski definition) is 3. The Labute approximate surface area is 139 Å².